The van der Waals surface area contributed by atoms with Crippen LogP contribution < -0.4 is 11.1 Å². The van der Waals surface area contributed by atoms with E-state index in [-0.39, 0.29) is 48.7 Å². The fourth-order valence-electron chi connectivity index (χ4n) is 3.46. The average molecular weight is 387 g/mol. The van der Waals surface area contributed by atoms with E-state index >= 15 is 0 Å². The summed E-state index contributed by atoms with van der Waals surface area (Å²) in [5.74, 6) is 1.48. The van der Waals surface area contributed by atoms with Gasteiger partial charge >= 0.3 is 0 Å². The fourth-order valence-corrected chi connectivity index (χ4v) is 3.46. The molecule has 2 aromatic rings. The SMILES string of the molecule is CC(C)C(NC(=O)C[C@@H]1CCC[C@H]1N)c1nc2ccccc2[nH]1.Cl.Cl. The lowest BCUT2D eigenvalue weighted by Gasteiger charge is -2.22. The lowest BCUT2D eigenvalue weighted by Crippen LogP contribution is -2.36. The summed E-state index contributed by atoms with van der Waals surface area (Å²) in [5, 5.41) is 3.15. The Morgan fingerprint density at radius 1 is 1.32 bits per heavy atom. The molecule has 0 bridgehead atoms. The lowest BCUT2D eigenvalue weighted by atomic mass is 9.98. The number of rotatable bonds is 5. The number of imidazole rings is 1. The van der Waals surface area contributed by atoms with Gasteiger partial charge in [-0.2, -0.15) is 0 Å². The molecule has 1 aromatic heterocycles. The number of carbonyl (C=O) groups excluding carboxylic acids is 1. The van der Waals surface area contributed by atoms with Crippen molar-refractivity contribution in [2.45, 2.75) is 51.6 Å². The van der Waals surface area contributed by atoms with Crippen LogP contribution in [0.5, 0.6) is 0 Å². The maximum absolute atomic E-state index is 12.4. The first-order valence-electron chi connectivity index (χ1n) is 8.54. The van der Waals surface area contributed by atoms with Crippen molar-refractivity contribution in [1.29, 1.82) is 0 Å². The van der Waals surface area contributed by atoms with Gasteiger partial charge in [0.25, 0.3) is 0 Å². The molecule has 1 aliphatic rings. The predicted molar refractivity (Wildman–Crippen MR) is 106 cm³/mol. The van der Waals surface area contributed by atoms with Gasteiger partial charge in [0, 0.05) is 12.5 Å². The van der Waals surface area contributed by atoms with Crippen LogP contribution in [0.15, 0.2) is 24.3 Å². The molecule has 140 valence electrons. The van der Waals surface area contributed by atoms with E-state index in [2.05, 4.69) is 29.1 Å². The third kappa shape index (κ3) is 5.09. The number of nitrogens with zero attached hydrogens (tertiary/aromatic N) is 1. The Hall–Kier alpha value is -1.30. The summed E-state index contributed by atoms with van der Waals surface area (Å²) >= 11 is 0. The van der Waals surface area contributed by atoms with E-state index in [0.29, 0.717) is 12.3 Å². The smallest absolute Gasteiger partial charge is 0.220 e. The first-order chi connectivity index (χ1) is 11.0. The minimum atomic E-state index is -0.104. The molecule has 1 aromatic carbocycles. The molecule has 1 heterocycles. The molecule has 0 aliphatic heterocycles. The molecule has 25 heavy (non-hydrogen) atoms. The molecule has 5 nitrogen and oxygen atoms in total. The fraction of sp³-hybridized carbons (Fsp3) is 0.556. The zero-order valence-corrected chi connectivity index (χ0v) is 16.3. The number of hydrogen-bond donors (Lipinski definition) is 3. The second-order valence-electron chi connectivity index (χ2n) is 6.99. The van der Waals surface area contributed by atoms with Crippen LogP contribution in [0.3, 0.4) is 0 Å². The third-order valence-corrected chi connectivity index (χ3v) is 4.85. The maximum atomic E-state index is 12.4. The van der Waals surface area contributed by atoms with Gasteiger partial charge in [-0.25, -0.2) is 4.98 Å². The number of amides is 1. The van der Waals surface area contributed by atoms with Gasteiger partial charge in [-0.15, -0.1) is 24.8 Å². The standard InChI is InChI=1S/C18H26N4O.2ClH/c1-11(2)17(18-20-14-8-3-4-9-15(14)21-18)22-16(23)10-12-6-5-7-13(12)19;;/h3-4,8-9,11-13,17H,5-7,10,19H2,1-2H3,(H,20,21)(H,22,23);2*1H/t12-,13+,17?;;/m0../s1. The Balaban J connectivity index is 0.00000156. The largest absolute Gasteiger partial charge is 0.346 e. The van der Waals surface area contributed by atoms with Crippen molar-refractivity contribution in [1.82, 2.24) is 15.3 Å². The average Bonchev–Trinajstić information content (AvgIpc) is 3.11. The molecule has 3 rings (SSSR count). The summed E-state index contributed by atoms with van der Waals surface area (Å²) in [6, 6.07) is 8.00. The van der Waals surface area contributed by atoms with Crippen LogP contribution >= 0.6 is 24.8 Å². The number of hydrogen-bond acceptors (Lipinski definition) is 3. The zero-order valence-electron chi connectivity index (χ0n) is 14.7. The number of benzene rings is 1. The quantitative estimate of drug-likeness (QED) is 0.731. The van der Waals surface area contributed by atoms with Crippen LogP contribution in [0.4, 0.5) is 0 Å². The molecule has 1 saturated carbocycles. The summed E-state index contributed by atoms with van der Waals surface area (Å²) in [7, 11) is 0. The lowest BCUT2D eigenvalue weighted by molar-refractivity contribution is -0.123. The second-order valence-corrected chi connectivity index (χ2v) is 6.99. The van der Waals surface area contributed by atoms with Crippen molar-refractivity contribution >= 4 is 41.8 Å². The highest BCUT2D eigenvalue weighted by atomic mass is 35.5. The number of nitrogens with one attached hydrogen (secondary N) is 2. The van der Waals surface area contributed by atoms with Gasteiger partial charge in [-0.05, 0) is 36.8 Å². The molecule has 1 unspecified atom stereocenters. The topological polar surface area (TPSA) is 83.8 Å². The molecular weight excluding hydrogens is 359 g/mol. The first-order valence-corrected chi connectivity index (χ1v) is 8.54. The zero-order chi connectivity index (χ0) is 16.4. The molecule has 0 spiro atoms. The highest BCUT2D eigenvalue weighted by Crippen LogP contribution is 2.28. The Morgan fingerprint density at radius 3 is 2.64 bits per heavy atom. The molecule has 0 saturated heterocycles. The van der Waals surface area contributed by atoms with E-state index in [1.165, 1.54) is 0 Å². The van der Waals surface area contributed by atoms with E-state index in [4.69, 9.17) is 5.73 Å². The Kier molecular flexibility index (Phi) is 8.19. The summed E-state index contributed by atoms with van der Waals surface area (Å²) in [4.78, 5) is 20.4. The van der Waals surface area contributed by atoms with Crippen molar-refractivity contribution in [3.8, 4) is 0 Å². The van der Waals surface area contributed by atoms with E-state index in [1.54, 1.807) is 0 Å². The van der Waals surface area contributed by atoms with Crippen LogP contribution in [-0.4, -0.2) is 21.9 Å². The molecular formula is C18H28Cl2N4O. The molecule has 1 aliphatic carbocycles. The van der Waals surface area contributed by atoms with E-state index in [0.717, 1.165) is 36.1 Å². The molecule has 3 atom stereocenters. The number of aromatic amines is 1. The highest BCUT2D eigenvalue weighted by Gasteiger charge is 2.28. The Bertz CT molecular complexity index is 656. The van der Waals surface area contributed by atoms with Crippen molar-refractivity contribution in [3.63, 3.8) is 0 Å². The number of carbonyl (C=O) groups is 1. The van der Waals surface area contributed by atoms with Crippen molar-refractivity contribution in [2.24, 2.45) is 17.6 Å². The van der Waals surface area contributed by atoms with Crippen molar-refractivity contribution in [2.75, 3.05) is 0 Å². The van der Waals surface area contributed by atoms with Gasteiger partial charge in [0.05, 0.1) is 17.1 Å². The van der Waals surface area contributed by atoms with Crippen LogP contribution in [0.1, 0.15) is 51.4 Å². The van der Waals surface area contributed by atoms with Gasteiger partial charge in [-0.1, -0.05) is 32.4 Å². The van der Waals surface area contributed by atoms with Gasteiger partial charge < -0.3 is 16.0 Å². The molecule has 1 amide bonds. The van der Waals surface area contributed by atoms with E-state index < -0.39 is 0 Å². The van der Waals surface area contributed by atoms with Crippen molar-refractivity contribution in [3.05, 3.63) is 30.1 Å². The number of fused-ring (bicyclic) bond motifs is 1. The normalized spacial score (nSPS) is 20.8. The van der Waals surface area contributed by atoms with Crippen LogP contribution in [0, 0.1) is 11.8 Å². The summed E-state index contributed by atoms with van der Waals surface area (Å²) in [5.41, 5.74) is 8.01. The molecule has 1 fully saturated rings. The minimum Gasteiger partial charge on any atom is -0.346 e. The maximum Gasteiger partial charge on any atom is 0.220 e. The number of nitrogens with two attached hydrogens (primary N) is 1. The number of para-hydroxylation sites is 2. The summed E-state index contributed by atoms with van der Waals surface area (Å²) < 4.78 is 0. The van der Waals surface area contributed by atoms with Gasteiger partial charge in [0.15, 0.2) is 0 Å². The van der Waals surface area contributed by atoms with Crippen LogP contribution in [0.2, 0.25) is 0 Å². The monoisotopic (exact) mass is 386 g/mol. The molecule has 4 N–H and O–H groups in total. The first kappa shape index (κ1) is 21.7. The highest BCUT2D eigenvalue weighted by molar-refractivity contribution is 5.85. The minimum absolute atomic E-state index is 0. The van der Waals surface area contributed by atoms with Crippen LogP contribution in [0.25, 0.3) is 11.0 Å². The third-order valence-electron chi connectivity index (χ3n) is 4.85. The van der Waals surface area contributed by atoms with E-state index in [1.807, 2.05) is 24.3 Å². The number of halogens is 2. The predicted octanol–water partition coefficient (Wildman–Crippen LogP) is 3.74. The second kappa shape index (κ2) is 9.41. The molecule has 0 radical (unpaired) electrons. The summed E-state index contributed by atoms with van der Waals surface area (Å²) in [6.45, 7) is 4.19. The number of H-pyrrole nitrogens is 1. The van der Waals surface area contributed by atoms with E-state index in [9.17, 15) is 4.79 Å². The number of aromatic nitrogens is 2. The van der Waals surface area contributed by atoms with Crippen LogP contribution in [-0.2, 0) is 4.79 Å². The van der Waals surface area contributed by atoms with Gasteiger partial charge in [-0.3, -0.25) is 4.79 Å². The molecule has 7 heteroatoms. The van der Waals surface area contributed by atoms with Crippen molar-refractivity contribution < 1.29 is 4.79 Å². The Morgan fingerprint density at radius 2 is 2.04 bits per heavy atom. The summed E-state index contributed by atoms with van der Waals surface area (Å²) in [6.07, 6.45) is 3.75. The Labute approximate surface area is 161 Å². The van der Waals surface area contributed by atoms with Gasteiger partial charge in [0.1, 0.15) is 5.82 Å². The van der Waals surface area contributed by atoms with Gasteiger partial charge in [0.2, 0.25) is 5.91 Å².